The highest BCUT2D eigenvalue weighted by molar-refractivity contribution is 6.04. The van der Waals surface area contributed by atoms with Crippen molar-refractivity contribution in [2.45, 2.75) is 13.3 Å². The predicted molar refractivity (Wildman–Crippen MR) is 87.7 cm³/mol. The minimum absolute atomic E-state index is 0.161. The number of amides is 1. The first-order chi connectivity index (χ1) is 11.1. The standard InChI is InChI=1S/C18H19NO4/c1-3-13-6-4-5-7-16(13)19-18(21)14-8-10-15(11-9-14)23-12-17(20)22-2/h4-11H,3,12H2,1-2H3,(H,19,21). The zero-order chi connectivity index (χ0) is 16.7. The quantitative estimate of drug-likeness (QED) is 0.833. The van der Waals surface area contributed by atoms with Crippen molar-refractivity contribution in [2.75, 3.05) is 19.0 Å². The van der Waals surface area contributed by atoms with E-state index in [1.54, 1.807) is 24.3 Å². The molecule has 0 radical (unpaired) electrons. The van der Waals surface area contributed by atoms with E-state index >= 15 is 0 Å². The minimum atomic E-state index is -0.456. The zero-order valence-corrected chi connectivity index (χ0v) is 13.2. The van der Waals surface area contributed by atoms with Crippen molar-refractivity contribution in [3.8, 4) is 5.75 Å². The van der Waals surface area contributed by atoms with E-state index in [2.05, 4.69) is 10.1 Å². The van der Waals surface area contributed by atoms with Crippen LogP contribution in [-0.4, -0.2) is 25.6 Å². The molecule has 0 aliphatic rings. The molecule has 5 heteroatoms. The van der Waals surface area contributed by atoms with Crippen LogP contribution in [-0.2, 0) is 16.0 Å². The van der Waals surface area contributed by atoms with Crippen LogP contribution >= 0.6 is 0 Å². The van der Waals surface area contributed by atoms with Gasteiger partial charge in [0.05, 0.1) is 7.11 Å². The number of rotatable bonds is 6. The molecular formula is C18H19NO4. The molecular weight excluding hydrogens is 294 g/mol. The Labute approximate surface area is 135 Å². The number of hydrogen-bond acceptors (Lipinski definition) is 4. The van der Waals surface area contributed by atoms with E-state index in [1.165, 1.54) is 7.11 Å². The average Bonchev–Trinajstić information content (AvgIpc) is 2.60. The van der Waals surface area contributed by atoms with Crippen molar-refractivity contribution in [3.05, 3.63) is 59.7 Å². The number of carbonyl (C=O) groups excluding carboxylic acids is 2. The predicted octanol–water partition coefficient (Wildman–Crippen LogP) is 3.05. The number of benzene rings is 2. The molecule has 0 saturated heterocycles. The van der Waals surface area contributed by atoms with E-state index in [0.29, 0.717) is 11.3 Å². The van der Waals surface area contributed by atoms with Gasteiger partial charge in [0.1, 0.15) is 5.75 Å². The van der Waals surface area contributed by atoms with Gasteiger partial charge in [-0.15, -0.1) is 0 Å². The molecule has 120 valence electrons. The van der Waals surface area contributed by atoms with Gasteiger partial charge < -0.3 is 14.8 Å². The van der Waals surface area contributed by atoms with Gasteiger partial charge in [-0.05, 0) is 42.3 Å². The molecule has 23 heavy (non-hydrogen) atoms. The monoisotopic (exact) mass is 313 g/mol. The maximum atomic E-state index is 12.3. The highest BCUT2D eigenvalue weighted by Crippen LogP contribution is 2.18. The van der Waals surface area contributed by atoms with Gasteiger partial charge in [0.15, 0.2) is 6.61 Å². The molecule has 0 aromatic heterocycles. The Balaban J connectivity index is 2.01. The van der Waals surface area contributed by atoms with Gasteiger partial charge in [0.2, 0.25) is 0 Å². The molecule has 2 aromatic rings. The molecule has 2 aromatic carbocycles. The van der Waals surface area contributed by atoms with Gasteiger partial charge in [0, 0.05) is 11.3 Å². The largest absolute Gasteiger partial charge is 0.482 e. The number of hydrogen-bond donors (Lipinski definition) is 1. The molecule has 2 rings (SSSR count). The molecule has 0 atom stereocenters. The number of anilines is 1. The second kappa shape index (κ2) is 7.98. The summed E-state index contributed by atoms with van der Waals surface area (Å²) in [6.45, 7) is 1.88. The number of nitrogens with one attached hydrogen (secondary N) is 1. The van der Waals surface area contributed by atoms with Crippen LogP contribution in [0.1, 0.15) is 22.8 Å². The third-order valence-corrected chi connectivity index (χ3v) is 3.35. The molecule has 5 nitrogen and oxygen atoms in total. The summed E-state index contributed by atoms with van der Waals surface area (Å²) in [6.07, 6.45) is 0.844. The van der Waals surface area contributed by atoms with Gasteiger partial charge in [-0.25, -0.2) is 4.79 Å². The van der Waals surface area contributed by atoms with Gasteiger partial charge >= 0.3 is 5.97 Å². The van der Waals surface area contributed by atoms with Crippen LogP contribution in [0.2, 0.25) is 0 Å². The lowest BCUT2D eigenvalue weighted by Crippen LogP contribution is -2.14. The van der Waals surface area contributed by atoms with Crippen molar-refractivity contribution in [3.63, 3.8) is 0 Å². The summed E-state index contributed by atoms with van der Waals surface area (Å²) in [5.41, 5.74) is 2.41. The first-order valence-electron chi connectivity index (χ1n) is 7.33. The van der Waals surface area contributed by atoms with Crippen LogP contribution in [0.3, 0.4) is 0 Å². The Morgan fingerprint density at radius 1 is 1.04 bits per heavy atom. The SMILES string of the molecule is CCc1ccccc1NC(=O)c1ccc(OCC(=O)OC)cc1. The maximum Gasteiger partial charge on any atom is 0.343 e. The minimum Gasteiger partial charge on any atom is -0.482 e. The Kier molecular flexibility index (Phi) is 5.74. The summed E-state index contributed by atoms with van der Waals surface area (Å²) in [6, 6.07) is 14.3. The van der Waals surface area contributed by atoms with Crippen molar-refractivity contribution >= 4 is 17.6 Å². The van der Waals surface area contributed by atoms with E-state index in [1.807, 2.05) is 31.2 Å². The molecule has 0 aliphatic heterocycles. The summed E-state index contributed by atoms with van der Waals surface area (Å²) >= 11 is 0. The summed E-state index contributed by atoms with van der Waals surface area (Å²) in [7, 11) is 1.30. The fraction of sp³-hybridized carbons (Fsp3) is 0.222. The number of methoxy groups -OCH3 is 1. The molecule has 1 amide bonds. The lowest BCUT2D eigenvalue weighted by atomic mass is 10.1. The third kappa shape index (κ3) is 4.57. The average molecular weight is 313 g/mol. The molecule has 0 fully saturated rings. The Morgan fingerprint density at radius 3 is 2.39 bits per heavy atom. The van der Waals surface area contributed by atoms with Crippen LogP contribution < -0.4 is 10.1 Å². The second-order valence-corrected chi connectivity index (χ2v) is 4.85. The van der Waals surface area contributed by atoms with Crippen molar-refractivity contribution in [2.24, 2.45) is 0 Å². The van der Waals surface area contributed by atoms with E-state index in [9.17, 15) is 9.59 Å². The Bertz CT molecular complexity index is 680. The van der Waals surface area contributed by atoms with Crippen LogP contribution in [0.25, 0.3) is 0 Å². The van der Waals surface area contributed by atoms with E-state index in [4.69, 9.17) is 4.74 Å². The van der Waals surface area contributed by atoms with E-state index < -0.39 is 5.97 Å². The Morgan fingerprint density at radius 2 is 1.74 bits per heavy atom. The van der Waals surface area contributed by atoms with Crippen LogP contribution in [0.15, 0.2) is 48.5 Å². The molecule has 0 aliphatic carbocycles. The first kappa shape index (κ1) is 16.5. The molecule has 0 saturated carbocycles. The zero-order valence-electron chi connectivity index (χ0n) is 13.2. The number of ether oxygens (including phenoxy) is 2. The summed E-state index contributed by atoms with van der Waals surface area (Å²) in [4.78, 5) is 23.3. The molecule has 0 unspecified atom stereocenters. The van der Waals surface area contributed by atoms with Crippen LogP contribution in [0.4, 0.5) is 5.69 Å². The smallest absolute Gasteiger partial charge is 0.343 e. The third-order valence-electron chi connectivity index (χ3n) is 3.35. The number of para-hydroxylation sites is 1. The van der Waals surface area contributed by atoms with Gasteiger partial charge in [0.25, 0.3) is 5.91 Å². The van der Waals surface area contributed by atoms with Crippen LogP contribution in [0.5, 0.6) is 5.75 Å². The lowest BCUT2D eigenvalue weighted by molar-refractivity contribution is -0.142. The van der Waals surface area contributed by atoms with E-state index in [0.717, 1.165) is 17.7 Å². The molecule has 0 spiro atoms. The second-order valence-electron chi connectivity index (χ2n) is 4.85. The highest BCUT2D eigenvalue weighted by Gasteiger charge is 2.09. The highest BCUT2D eigenvalue weighted by atomic mass is 16.6. The van der Waals surface area contributed by atoms with Gasteiger partial charge in [-0.2, -0.15) is 0 Å². The summed E-state index contributed by atoms with van der Waals surface area (Å²) in [5, 5.41) is 2.90. The molecule has 0 heterocycles. The fourth-order valence-electron chi connectivity index (χ4n) is 2.05. The summed E-state index contributed by atoms with van der Waals surface area (Å²) in [5.74, 6) is -0.144. The number of esters is 1. The number of aryl methyl sites for hydroxylation is 1. The maximum absolute atomic E-state index is 12.3. The van der Waals surface area contributed by atoms with Crippen molar-refractivity contribution in [1.29, 1.82) is 0 Å². The van der Waals surface area contributed by atoms with Gasteiger partial charge in [-0.3, -0.25) is 4.79 Å². The topological polar surface area (TPSA) is 64.6 Å². The Hall–Kier alpha value is -2.82. The number of carbonyl (C=O) groups is 2. The van der Waals surface area contributed by atoms with E-state index in [-0.39, 0.29) is 12.5 Å². The molecule has 1 N–H and O–H groups in total. The van der Waals surface area contributed by atoms with Crippen molar-refractivity contribution < 1.29 is 19.1 Å². The van der Waals surface area contributed by atoms with Crippen LogP contribution in [0, 0.1) is 0 Å². The lowest BCUT2D eigenvalue weighted by Gasteiger charge is -2.10. The normalized spacial score (nSPS) is 10.0. The summed E-state index contributed by atoms with van der Waals surface area (Å²) < 4.78 is 9.74. The fourth-order valence-corrected chi connectivity index (χ4v) is 2.05. The van der Waals surface area contributed by atoms with Gasteiger partial charge in [-0.1, -0.05) is 25.1 Å². The van der Waals surface area contributed by atoms with Crippen molar-refractivity contribution in [1.82, 2.24) is 0 Å². The first-order valence-corrected chi connectivity index (χ1v) is 7.33. The molecule has 0 bridgehead atoms.